The van der Waals surface area contributed by atoms with Crippen molar-refractivity contribution in [2.24, 2.45) is 0 Å². The first-order valence-electron chi connectivity index (χ1n) is 8.52. The van der Waals surface area contributed by atoms with Crippen molar-refractivity contribution in [3.05, 3.63) is 34.9 Å². The fourth-order valence-electron chi connectivity index (χ4n) is 3.62. The largest absolute Gasteiger partial charge is 0.312 e. The highest BCUT2D eigenvalue weighted by atomic mass is 15.2. The molecule has 1 N–H and O–H groups in total. The molecule has 1 aromatic rings. The van der Waals surface area contributed by atoms with E-state index >= 15 is 0 Å². The van der Waals surface area contributed by atoms with Gasteiger partial charge in [0.15, 0.2) is 0 Å². The lowest BCUT2D eigenvalue weighted by atomic mass is 9.83. The van der Waals surface area contributed by atoms with Crippen LogP contribution in [0.4, 0.5) is 0 Å². The third-order valence-electron chi connectivity index (χ3n) is 5.54. The Bertz CT molecular complexity index is 467. The van der Waals surface area contributed by atoms with Crippen molar-refractivity contribution in [2.45, 2.75) is 64.5 Å². The van der Waals surface area contributed by atoms with Gasteiger partial charge < -0.3 is 10.2 Å². The van der Waals surface area contributed by atoms with E-state index in [4.69, 9.17) is 0 Å². The fraction of sp³-hybridized carbons (Fsp3) is 0.684. The molecule has 0 amide bonds. The Labute approximate surface area is 130 Å². The smallest absolute Gasteiger partial charge is 0.0328 e. The second kappa shape index (κ2) is 6.93. The number of aryl methyl sites for hydroxylation is 2. The molecule has 2 unspecified atom stereocenters. The normalized spacial score (nSPS) is 18.6. The van der Waals surface area contributed by atoms with Gasteiger partial charge in [0.2, 0.25) is 0 Å². The van der Waals surface area contributed by atoms with Gasteiger partial charge in [0.1, 0.15) is 0 Å². The van der Waals surface area contributed by atoms with Gasteiger partial charge in [-0.15, -0.1) is 0 Å². The molecule has 0 heterocycles. The van der Waals surface area contributed by atoms with Crippen molar-refractivity contribution in [3.63, 3.8) is 0 Å². The highest BCUT2D eigenvalue weighted by Gasteiger charge is 2.34. The van der Waals surface area contributed by atoms with Gasteiger partial charge in [-0.3, -0.25) is 0 Å². The molecule has 0 aromatic heterocycles. The predicted octanol–water partition coefficient (Wildman–Crippen LogP) is 3.43. The summed E-state index contributed by atoms with van der Waals surface area (Å²) in [6.07, 6.45) is 6.15. The number of nitrogens with one attached hydrogen (secondary N) is 1. The maximum atomic E-state index is 3.73. The zero-order valence-electron chi connectivity index (χ0n) is 14.5. The summed E-state index contributed by atoms with van der Waals surface area (Å²) in [7, 11) is 4.41. The van der Waals surface area contributed by atoms with E-state index in [1.54, 1.807) is 11.1 Å². The van der Waals surface area contributed by atoms with Gasteiger partial charge in [-0.1, -0.05) is 32.0 Å². The van der Waals surface area contributed by atoms with Crippen LogP contribution >= 0.6 is 0 Å². The molecule has 0 fully saturated rings. The Balaban J connectivity index is 2.19. The Morgan fingerprint density at radius 3 is 2.52 bits per heavy atom. The molecular weight excluding hydrogens is 256 g/mol. The molecule has 0 saturated carbocycles. The van der Waals surface area contributed by atoms with Crippen molar-refractivity contribution < 1.29 is 0 Å². The monoisotopic (exact) mass is 288 g/mol. The van der Waals surface area contributed by atoms with Crippen LogP contribution in [0.25, 0.3) is 0 Å². The summed E-state index contributed by atoms with van der Waals surface area (Å²) in [6, 6.07) is 7.65. The van der Waals surface area contributed by atoms with Crippen LogP contribution in [0, 0.1) is 0 Å². The first-order chi connectivity index (χ1) is 10.0. The van der Waals surface area contributed by atoms with Crippen molar-refractivity contribution in [3.8, 4) is 0 Å². The summed E-state index contributed by atoms with van der Waals surface area (Å²) in [4.78, 5) is 2.38. The third-order valence-corrected chi connectivity index (χ3v) is 5.54. The highest BCUT2D eigenvalue weighted by Crippen LogP contribution is 2.27. The Hall–Kier alpha value is -0.860. The first kappa shape index (κ1) is 16.5. The summed E-state index contributed by atoms with van der Waals surface area (Å²) in [5, 5.41) is 3.73. The maximum absolute atomic E-state index is 3.73. The topological polar surface area (TPSA) is 15.3 Å². The summed E-state index contributed by atoms with van der Waals surface area (Å²) < 4.78 is 0. The first-order valence-corrected chi connectivity index (χ1v) is 8.52. The van der Waals surface area contributed by atoms with Crippen LogP contribution in [0.5, 0.6) is 0 Å². The molecule has 118 valence electrons. The Morgan fingerprint density at radius 2 is 1.90 bits per heavy atom. The maximum Gasteiger partial charge on any atom is 0.0328 e. The third kappa shape index (κ3) is 3.49. The number of likely N-dealkylation sites (N-methyl/N-ethyl adjacent to an activating group) is 2. The quantitative estimate of drug-likeness (QED) is 0.827. The number of hydrogen-bond donors (Lipinski definition) is 1. The minimum absolute atomic E-state index is 0.190. The molecule has 0 bridgehead atoms. The second-order valence-corrected chi connectivity index (χ2v) is 6.88. The number of fused-ring (bicyclic) bond motifs is 1. The van der Waals surface area contributed by atoms with E-state index in [1.807, 2.05) is 0 Å². The number of hydrogen-bond acceptors (Lipinski definition) is 2. The minimum Gasteiger partial charge on any atom is -0.312 e. The van der Waals surface area contributed by atoms with Crippen molar-refractivity contribution >= 4 is 0 Å². The van der Waals surface area contributed by atoms with E-state index in [1.165, 1.54) is 24.8 Å². The predicted molar refractivity (Wildman–Crippen MR) is 92.0 cm³/mol. The van der Waals surface area contributed by atoms with Crippen LogP contribution in [0.2, 0.25) is 0 Å². The van der Waals surface area contributed by atoms with Crippen molar-refractivity contribution in [1.82, 2.24) is 10.2 Å². The lowest BCUT2D eigenvalue weighted by Gasteiger charge is -2.43. The standard InChI is InChI=1S/C19H32N2/c1-6-19(3,21(4)5)18(20-7-2)14-15-11-12-16-9-8-10-17(16)13-15/h11-13,18,20H,6-10,14H2,1-5H3. The van der Waals surface area contributed by atoms with Crippen LogP contribution in [0.3, 0.4) is 0 Å². The molecule has 0 saturated heterocycles. The van der Waals surface area contributed by atoms with Crippen LogP contribution in [-0.4, -0.2) is 37.1 Å². The molecule has 2 heteroatoms. The SMILES string of the molecule is CCNC(Cc1ccc2c(c1)CCC2)C(C)(CC)N(C)C. The Kier molecular flexibility index (Phi) is 5.45. The highest BCUT2D eigenvalue weighted by molar-refractivity contribution is 5.35. The van der Waals surface area contributed by atoms with Crippen LogP contribution in [0.1, 0.15) is 50.3 Å². The molecule has 0 spiro atoms. The van der Waals surface area contributed by atoms with Crippen molar-refractivity contribution in [1.29, 1.82) is 0 Å². The van der Waals surface area contributed by atoms with Crippen LogP contribution < -0.4 is 5.32 Å². The molecule has 21 heavy (non-hydrogen) atoms. The molecule has 2 nitrogen and oxygen atoms in total. The van der Waals surface area contributed by atoms with Gasteiger partial charge in [0.05, 0.1) is 0 Å². The number of rotatable bonds is 7. The van der Waals surface area contributed by atoms with E-state index in [0.717, 1.165) is 19.4 Å². The average molecular weight is 288 g/mol. The zero-order chi connectivity index (χ0) is 15.5. The van der Waals surface area contributed by atoms with Gasteiger partial charge >= 0.3 is 0 Å². The average Bonchev–Trinajstić information content (AvgIpc) is 2.93. The zero-order valence-corrected chi connectivity index (χ0v) is 14.5. The molecule has 1 aliphatic rings. The summed E-state index contributed by atoms with van der Waals surface area (Å²) in [5.74, 6) is 0. The lowest BCUT2D eigenvalue weighted by molar-refractivity contribution is 0.113. The summed E-state index contributed by atoms with van der Waals surface area (Å²) in [5.41, 5.74) is 4.84. The molecular formula is C19H32N2. The lowest BCUT2D eigenvalue weighted by Crippen LogP contribution is -2.57. The minimum atomic E-state index is 0.190. The fourth-order valence-corrected chi connectivity index (χ4v) is 3.62. The van der Waals surface area contributed by atoms with E-state index in [2.05, 4.69) is 63.3 Å². The van der Waals surface area contributed by atoms with Gasteiger partial charge in [-0.05, 0) is 76.4 Å². The van der Waals surface area contributed by atoms with E-state index in [0.29, 0.717) is 6.04 Å². The number of nitrogens with zero attached hydrogens (tertiary/aromatic N) is 1. The van der Waals surface area contributed by atoms with Gasteiger partial charge in [-0.25, -0.2) is 0 Å². The van der Waals surface area contributed by atoms with Crippen LogP contribution in [0.15, 0.2) is 18.2 Å². The summed E-state index contributed by atoms with van der Waals surface area (Å²) >= 11 is 0. The molecule has 2 atom stereocenters. The van der Waals surface area contributed by atoms with E-state index < -0.39 is 0 Å². The molecule has 1 aromatic carbocycles. The molecule has 2 rings (SSSR count). The van der Waals surface area contributed by atoms with Gasteiger partial charge in [0, 0.05) is 11.6 Å². The molecule has 0 radical (unpaired) electrons. The van der Waals surface area contributed by atoms with Gasteiger partial charge in [-0.2, -0.15) is 0 Å². The van der Waals surface area contributed by atoms with Gasteiger partial charge in [0.25, 0.3) is 0 Å². The Morgan fingerprint density at radius 1 is 1.19 bits per heavy atom. The second-order valence-electron chi connectivity index (χ2n) is 6.88. The van der Waals surface area contributed by atoms with Crippen molar-refractivity contribution in [2.75, 3.05) is 20.6 Å². The molecule has 0 aliphatic heterocycles. The van der Waals surface area contributed by atoms with E-state index in [-0.39, 0.29) is 5.54 Å². The number of benzene rings is 1. The van der Waals surface area contributed by atoms with E-state index in [9.17, 15) is 0 Å². The summed E-state index contributed by atoms with van der Waals surface area (Å²) in [6.45, 7) is 7.92. The molecule has 1 aliphatic carbocycles. The van der Waals surface area contributed by atoms with Crippen LogP contribution in [-0.2, 0) is 19.3 Å².